The standard InChI is InChI=1S/C11H20N4O2S2/c1-7(2)15(6-5-10(12)18)19(16,17)11-8(3)13-14-9(11)4/h7H,5-6H2,1-4H3,(H2,12,18)(H,13,14). The largest absolute Gasteiger partial charge is 0.393 e. The first kappa shape index (κ1) is 16.1. The zero-order valence-electron chi connectivity index (χ0n) is 11.6. The molecule has 0 saturated carbocycles. The Bertz CT molecular complexity index is 544. The van der Waals surface area contributed by atoms with Gasteiger partial charge in [0.25, 0.3) is 0 Å². The van der Waals surface area contributed by atoms with Gasteiger partial charge in [-0.05, 0) is 27.7 Å². The van der Waals surface area contributed by atoms with Gasteiger partial charge < -0.3 is 5.73 Å². The van der Waals surface area contributed by atoms with Crippen molar-refractivity contribution < 1.29 is 8.42 Å². The Kier molecular flexibility index (Phi) is 5.05. The molecule has 19 heavy (non-hydrogen) atoms. The molecule has 6 nitrogen and oxygen atoms in total. The minimum absolute atomic E-state index is 0.173. The van der Waals surface area contributed by atoms with Crippen molar-refractivity contribution in [3.05, 3.63) is 11.4 Å². The first-order valence-electron chi connectivity index (χ1n) is 5.99. The van der Waals surface area contributed by atoms with E-state index in [1.54, 1.807) is 13.8 Å². The number of nitrogens with one attached hydrogen (secondary N) is 1. The highest BCUT2D eigenvalue weighted by atomic mass is 32.2. The van der Waals surface area contributed by atoms with Gasteiger partial charge >= 0.3 is 0 Å². The van der Waals surface area contributed by atoms with E-state index in [1.165, 1.54) is 4.31 Å². The fraction of sp³-hybridized carbons (Fsp3) is 0.636. The number of sulfonamides is 1. The van der Waals surface area contributed by atoms with Crippen molar-refractivity contribution in [2.75, 3.05) is 6.54 Å². The number of rotatable bonds is 6. The van der Waals surface area contributed by atoms with Gasteiger partial charge in [-0.3, -0.25) is 5.10 Å². The minimum atomic E-state index is -3.59. The van der Waals surface area contributed by atoms with E-state index in [1.807, 2.05) is 13.8 Å². The third kappa shape index (κ3) is 3.52. The number of aryl methyl sites for hydroxylation is 2. The second-order valence-corrected chi connectivity index (χ2v) is 7.04. The highest BCUT2D eigenvalue weighted by molar-refractivity contribution is 7.89. The van der Waals surface area contributed by atoms with Crippen LogP contribution in [0, 0.1) is 13.8 Å². The van der Waals surface area contributed by atoms with Crippen LogP contribution in [0.1, 0.15) is 31.7 Å². The van der Waals surface area contributed by atoms with Crippen molar-refractivity contribution in [3.8, 4) is 0 Å². The lowest BCUT2D eigenvalue weighted by atomic mass is 10.3. The van der Waals surface area contributed by atoms with E-state index < -0.39 is 10.0 Å². The Morgan fingerprint density at radius 1 is 1.47 bits per heavy atom. The molecule has 0 aliphatic carbocycles. The van der Waals surface area contributed by atoms with Crippen LogP contribution in [0.4, 0.5) is 0 Å². The molecule has 108 valence electrons. The van der Waals surface area contributed by atoms with Crippen LogP contribution in [0.25, 0.3) is 0 Å². The van der Waals surface area contributed by atoms with Crippen LogP contribution in [-0.4, -0.2) is 40.5 Å². The fourth-order valence-electron chi connectivity index (χ4n) is 1.91. The van der Waals surface area contributed by atoms with Crippen LogP contribution in [0.2, 0.25) is 0 Å². The minimum Gasteiger partial charge on any atom is -0.393 e. The molecule has 0 unspecified atom stereocenters. The first-order valence-corrected chi connectivity index (χ1v) is 7.84. The lowest BCUT2D eigenvalue weighted by Crippen LogP contribution is -2.39. The van der Waals surface area contributed by atoms with Crippen LogP contribution in [0.3, 0.4) is 0 Å². The second kappa shape index (κ2) is 5.98. The van der Waals surface area contributed by atoms with Crippen LogP contribution >= 0.6 is 12.2 Å². The predicted molar refractivity (Wildman–Crippen MR) is 78.5 cm³/mol. The van der Waals surface area contributed by atoms with Gasteiger partial charge in [0.2, 0.25) is 10.0 Å². The summed E-state index contributed by atoms with van der Waals surface area (Å²) in [7, 11) is -3.59. The maximum atomic E-state index is 12.7. The molecule has 0 fully saturated rings. The molecule has 0 spiro atoms. The maximum absolute atomic E-state index is 12.7. The molecule has 3 N–H and O–H groups in total. The zero-order valence-corrected chi connectivity index (χ0v) is 13.2. The van der Waals surface area contributed by atoms with E-state index in [-0.39, 0.29) is 17.5 Å². The molecule has 0 bridgehead atoms. The third-order valence-electron chi connectivity index (χ3n) is 2.78. The highest BCUT2D eigenvalue weighted by Crippen LogP contribution is 2.23. The molecule has 1 aromatic heterocycles. The molecule has 0 amide bonds. The van der Waals surface area contributed by atoms with Crippen LogP contribution in [-0.2, 0) is 10.0 Å². The number of hydrogen-bond acceptors (Lipinski definition) is 4. The Morgan fingerprint density at radius 3 is 2.42 bits per heavy atom. The Hall–Kier alpha value is -0.990. The van der Waals surface area contributed by atoms with Crippen molar-refractivity contribution >= 4 is 27.2 Å². The quantitative estimate of drug-likeness (QED) is 0.768. The van der Waals surface area contributed by atoms with Gasteiger partial charge in [0.15, 0.2) is 0 Å². The molecule has 0 aliphatic rings. The smallest absolute Gasteiger partial charge is 0.246 e. The monoisotopic (exact) mass is 304 g/mol. The van der Waals surface area contributed by atoms with Crippen molar-refractivity contribution in [2.24, 2.45) is 5.73 Å². The number of aromatic nitrogens is 2. The zero-order chi connectivity index (χ0) is 14.8. The summed E-state index contributed by atoms with van der Waals surface area (Å²) in [6, 6.07) is -0.173. The summed E-state index contributed by atoms with van der Waals surface area (Å²) in [4.78, 5) is 0.547. The Labute approximate surface area is 119 Å². The van der Waals surface area contributed by atoms with Crippen molar-refractivity contribution in [3.63, 3.8) is 0 Å². The number of aromatic amines is 1. The highest BCUT2D eigenvalue weighted by Gasteiger charge is 2.31. The fourth-order valence-corrected chi connectivity index (χ4v) is 3.98. The molecule has 1 heterocycles. The normalized spacial score (nSPS) is 12.3. The second-order valence-electron chi connectivity index (χ2n) is 4.69. The van der Waals surface area contributed by atoms with E-state index in [0.717, 1.165) is 0 Å². The van der Waals surface area contributed by atoms with E-state index >= 15 is 0 Å². The lowest BCUT2D eigenvalue weighted by Gasteiger charge is -2.25. The number of nitrogens with zero attached hydrogens (tertiary/aromatic N) is 2. The summed E-state index contributed by atoms with van der Waals surface area (Å²) < 4.78 is 26.7. The molecule has 0 aliphatic heterocycles. The van der Waals surface area contributed by atoms with Crippen molar-refractivity contribution in [1.82, 2.24) is 14.5 Å². The molecule has 0 saturated heterocycles. The number of nitrogens with two attached hydrogens (primary N) is 1. The summed E-state index contributed by atoms with van der Waals surface area (Å²) in [5.41, 5.74) is 6.47. The summed E-state index contributed by atoms with van der Waals surface area (Å²) in [5, 5.41) is 6.63. The Morgan fingerprint density at radius 2 is 2.05 bits per heavy atom. The van der Waals surface area contributed by atoms with E-state index in [4.69, 9.17) is 18.0 Å². The average molecular weight is 304 g/mol. The van der Waals surface area contributed by atoms with Gasteiger partial charge in [-0.2, -0.15) is 9.40 Å². The first-order chi connectivity index (χ1) is 8.67. The third-order valence-corrected chi connectivity index (χ3v) is 5.33. The molecule has 0 aromatic carbocycles. The van der Waals surface area contributed by atoms with Crippen molar-refractivity contribution in [2.45, 2.75) is 45.1 Å². The molecular formula is C11H20N4O2S2. The molecule has 0 atom stereocenters. The molecule has 1 rings (SSSR count). The molecule has 8 heteroatoms. The van der Waals surface area contributed by atoms with Gasteiger partial charge in [-0.1, -0.05) is 12.2 Å². The number of thiocarbonyl (C=S) groups is 1. The predicted octanol–water partition coefficient (Wildman–Crippen LogP) is 1.10. The Balaban J connectivity index is 3.17. The lowest BCUT2D eigenvalue weighted by molar-refractivity contribution is 0.362. The summed E-state index contributed by atoms with van der Waals surface area (Å²) >= 11 is 4.81. The van der Waals surface area contributed by atoms with E-state index in [2.05, 4.69) is 10.2 Å². The van der Waals surface area contributed by atoms with Crippen LogP contribution in [0.5, 0.6) is 0 Å². The summed E-state index contributed by atoms with van der Waals surface area (Å²) in [6.07, 6.45) is 0.364. The number of H-pyrrole nitrogens is 1. The van der Waals surface area contributed by atoms with Gasteiger partial charge in [0.05, 0.1) is 16.4 Å². The van der Waals surface area contributed by atoms with Crippen LogP contribution in [0.15, 0.2) is 4.90 Å². The van der Waals surface area contributed by atoms with E-state index in [9.17, 15) is 8.42 Å². The molecule has 1 aromatic rings. The van der Waals surface area contributed by atoms with Gasteiger partial charge in [-0.15, -0.1) is 0 Å². The number of hydrogen-bond donors (Lipinski definition) is 2. The summed E-state index contributed by atoms with van der Waals surface area (Å²) in [5.74, 6) is 0. The maximum Gasteiger partial charge on any atom is 0.246 e. The van der Waals surface area contributed by atoms with Gasteiger partial charge in [0.1, 0.15) is 4.90 Å². The van der Waals surface area contributed by atoms with Gasteiger partial charge in [-0.25, -0.2) is 8.42 Å². The molecule has 0 radical (unpaired) electrons. The van der Waals surface area contributed by atoms with E-state index in [0.29, 0.717) is 22.8 Å². The topological polar surface area (TPSA) is 92.1 Å². The molecular weight excluding hydrogens is 284 g/mol. The van der Waals surface area contributed by atoms with Gasteiger partial charge in [0, 0.05) is 19.0 Å². The average Bonchev–Trinajstić information content (AvgIpc) is 2.57. The summed E-state index contributed by atoms with van der Waals surface area (Å²) in [6.45, 7) is 7.28. The van der Waals surface area contributed by atoms with Crippen LogP contribution < -0.4 is 5.73 Å². The SMILES string of the molecule is Cc1n[nH]c(C)c1S(=O)(=O)N(CCC(N)=S)C(C)C. The van der Waals surface area contributed by atoms with Crippen molar-refractivity contribution in [1.29, 1.82) is 0 Å².